The minimum absolute atomic E-state index is 0.269. The second kappa shape index (κ2) is 6.46. The Morgan fingerprint density at radius 1 is 1.18 bits per heavy atom. The number of aryl methyl sites for hydroxylation is 1. The topological polar surface area (TPSA) is 56.0 Å². The van der Waals surface area contributed by atoms with Crippen molar-refractivity contribution in [3.8, 4) is 11.3 Å². The van der Waals surface area contributed by atoms with E-state index >= 15 is 0 Å². The van der Waals surface area contributed by atoms with Crippen molar-refractivity contribution in [2.45, 2.75) is 17.2 Å². The number of carbonyl (C=O) groups excluding carboxylic acids is 1. The van der Waals surface area contributed by atoms with Crippen molar-refractivity contribution in [2.75, 3.05) is 0 Å². The van der Waals surface area contributed by atoms with Gasteiger partial charge in [0.05, 0.1) is 10.2 Å². The van der Waals surface area contributed by atoms with Gasteiger partial charge in [-0.1, -0.05) is 30.3 Å². The predicted molar refractivity (Wildman–Crippen MR) is 88.1 cm³/mol. The molecule has 0 radical (unpaired) electrons. The van der Waals surface area contributed by atoms with E-state index in [2.05, 4.69) is 25.9 Å². The minimum atomic E-state index is 0.269. The smallest absolute Gasteiger partial charge is 0.196 e. The molecule has 0 unspecified atom stereocenters. The van der Waals surface area contributed by atoms with E-state index in [9.17, 15) is 4.79 Å². The molecule has 0 spiro atoms. The van der Waals surface area contributed by atoms with Crippen LogP contribution in [0.5, 0.6) is 0 Å². The van der Waals surface area contributed by atoms with Crippen molar-refractivity contribution in [3.63, 3.8) is 0 Å². The molecule has 3 rings (SSSR count). The zero-order valence-electron chi connectivity index (χ0n) is 11.6. The summed E-state index contributed by atoms with van der Waals surface area (Å²) in [5.41, 5.74) is 2.76. The SMILES string of the molecule is Cc1cc(-c2ccccc2)nc(Sc2oc(C=O)cc2Br)n1. The van der Waals surface area contributed by atoms with Crippen LogP contribution in [0.2, 0.25) is 0 Å². The fourth-order valence-corrected chi connectivity index (χ4v) is 3.27. The molecule has 3 aromatic rings. The standard InChI is InChI=1S/C16H11BrN2O2S/c1-10-7-14(11-5-3-2-4-6-11)19-16(18-10)22-15-13(17)8-12(9-20)21-15/h2-9H,1H3. The maximum atomic E-state index is 10.8. The van der Waals surface area contributed by atoms with Gasteiger partial charge >= 0.3 is 0 Å². The van der Waals surface area contributed by atoms with Crippen LogP contribution in [-0.2, 0) is 0 Å². The van der Waals surface area contributed by atoms with E-state index in [4.69, 9.17) is 4.42 Å². The number of hydrogen-bond donors (Lipinski definition) is 0. The Hall–Kier alpha value is -1.92. The van der Waals surface area contributed by atoms with Gasteiger partial charge in [-0.05, 0) is 40.7 Å². The van der Waals surface area contributed by atoms with E-state index in [1.54, 1.807) is 6.07 Å². The summed E-state index contributed by atoms with van der Waals surface area (Å²) in [7, 11) is 0. The first-order chi connectivity index (χ1) is 10.7. The summed E-state index contributed by atoms with van der Waals surface area (Å²) in [5, 5.41) is 1.14. The van der Waals surface area contributed by atoms with Gasteiger partial charge < -0.3 is 4.42 Å². The first-order valence-electron chi connectivity index (χ1n) is 6.49. The molecule has 1 aromatic carbocycles. The van der Waals surface area contributed by atoms with E-state index in [1.165, 1.54) is 11.8 Å². The van der Waals surface area contributed by atoms with Crippen molar-refractivity contribution in [1.29, 1.82) is 0 Å². The van der Waals surface area contributed by atoms with Gasteiger partial charge in [0.15, 0.2) is 22.3 Å². The van der Waals surface area contributed by atoms with Crippen LogP contribution >= 0.6 is 27.7 Å². The molecule has 0 fully saturated rings. The molecule has 0 aliphatic carbocycles. The lowest BCUT2D eigenvalue weighted by Crippen LogP contribution is -1.93. The van der Waals surface area contributed by atoms with Crippen molar-refractivity contribution in [2.24, 2.45) is 0 Å². The third kappa shape index (κ3) is 3.28. The van der Waals surface area contributed by atoms with Gasteiger partial charge in [-0.3, -0.25) is 4.79 Å². The fourth-order valence-electron chi connectivity index (χ4n) is 1.92. The summed E-state index contributed by atoms with van der Waals surface area (Å²) in [6.45, 7) is 1.92. The summed E-state index contributed by atoms with van der Waals surface area (Å²) in [4.78, 5) is 19.7. The zero-order valence-corrected chi connectivity index (χ0v) is 14.0. The zero-order chi connectivity index (χ0) is 15.5. The molecule has 0 N–H and O–H groups in total. The highest BCUT2D eigenvalue weighted by molar-refractivity contribution is 9.10. The summed E-state index contributed by atoms with van der Waals surface area (Å²) in [5.74, 6) is 0.269. The molecule has 6 heteroatoms. The Morgan fingerprint density at radius 3 is 2.64 bits per heavy atom. The van der Waals surface area contributed by atoms with Crippen LogP contribution in [0.1, 0.15) is 16.2 Å². The first kappa shape index (κ1) is 15.0. The average molecular weight is 375 g/mol. The highest BCUT2D eigenvalue weighted by atomic mass is 79.9. The van der Waals surface area contributed by atoms with E-state index < -0.39 is 0 Å². The molecule has 0 saturated heterocycles. The van der Waals surface area contributed by atoms with Crippen LogP contribution in [0.15, 0.2) is 61.6 Å². The van der Waals surface area contributed by atoms with Gasteiger partial charge in [0.1, 0.15) is 0 Å². The molecule has 0 aliphatic rings. The Kier molecular flexibility index (Phi) is 4.40. The molecule has 0 amide bonds. The van der Waals surface area contributed by atoms with Crippen molar-refractivity contribution in [3.05, 3.63) is 58.4 Å². The van der Waals surface area contributed by atoms with Gasteiger partial charge in [0.25, 0.3) is 0 Å². The van der Waals surface area contributed by atoms with Crippen molar-refractivity contribution >= 4 is 34.0 Å². The number of hydrogen-bond acceptors (Lipinski definition) is 5. The quantitative estimate of drug-likeness (QED) is 0.486. The number of aromatic nitrogens is 2. The lowest BCUT2D eigenvalue weighted by molar-refractivity contribution is 0.109. The lowest BCUT2D eigenvalue weighted by Gasteiger charge is -2.05. The maximum absolute atomic E-state index is 10.8. The lowest BCUT2D eigenvalue weighted by atomic mass is 10.1. The van der Waals surface area contributed by atoms with E-state index in [0.29, 0.717) is 21.0 Å². The summed E-state index contributed by atoms with van der Waals surface area (Å²) in [6.07, 6.45) is 0.668. The van der Waals surface area contributed by atoms with Crippen LogP contribution in [0.4, 0.5) is 0 Å². The van der Waals surface area contributed by atoms with Crippen molar-refractivity contribution in [1.82, 2.24) is 9.97 Å². The van der Waals surface area contributed by atoms with Crippen LogP contribution in [0.25, 0.3) is 11.3 Å². The van der Waals surface area contributed by atoms with Crippen LogP contribution in [0.3, 0.4) is 0 Å². The van der Waals surface area contributed by atoms with Gasteiger partial charge in [0.2, 0.25) is 0 Å². The molecule has 0 saturated carbocycles. The van der Waals surface area contributed by atoms with Crippen LogP contribution in [-0.4, -0.2) is 16.3 Å². The molecule has 0 aliphatic heterocycles. The second-order valence-electron chi connectivity index (χ2n) is 4.55. The number of benzene rings is 1. The Bertz CT molecular complexity index is 818. The first-order valence-corrected chi connectivity index (χ1v) is 8.10. The monoisotopic (exact) mass is 374 g/mol. The number of aldehydes is 1. The Labute approximate surface area is 140 Å². The third-order valence-corrected chi connectivity index (χ3v) is 4.58. The molecule has 0 atom stereocenters. The van der Waals surface area contributed by atoms with Gasteiger partial charge in [-0.15, -0.1) is 0 Å². The minimum Gasteiger partial charge on any atom is -0.445 e. The number of carbonyl (C=O) groups is 1. The molecule has 22 heavy (non-hydrogen) atoms. The largest absolute Gasteiger partial charge is 0.445 e. The normalized spacial score (nSPS) is 10.6. The van der Waals surface area contributed by atoms with Gasteiger partial charge in [0, 0.05) is 17.3 Å². The predicted octanol–water partition coefficient (Wildman–Crippen LogP) is 4.77. The molecule has 2 heterocycles. The maximum Gasteiger partial charge on any atom is 0.196 e. The molecular formula is C16H11BrN2O2S. The third-order valence-electron chi connectivity index (χ3n) is 2.88. The second-order valence-corrected chi connectivity index (χ2v) is 6.34. The number of halogens is 1. The molecule has 2 aromatic heterocycles. The fraction of sp³-hybridized carbons (Fsp3) is 0.0625. The summed E-state index contributed by atoms with van der Waals surface area (Å²) < 4.78 is 6.13. The van der Waals surface area contributed by atoms with E-state index in [-0.39, 0.29) is 5.76 Å². The average Bonchev–Trinajstić information content (AvgIpc) is 2.88. The van der Waals surface area contributed by atoms with Crippen LogP contribution in [0, 0.1) is 6.92 Å². The number of nitrogens with zero attached hydrogens (tertiary/aromatic N) is 2. The van der Waals surface area contributed by atoms with Crippen LogP contribution < -0.4 is 0 Å². The molecule has 0 bridgehead atoms. The number of rotatable bonds is 4. The van der Waals surface area contributed by atoms with Gasteiger partial charge in [-0.2, -0.15) is 0 Å². The van der Waals surface area contributed by atoms with Crippen molar-refractivity contribution < 1.29 is 9.21 Å². The van der Waals surface area contributed by atoms with Gasteiger partial charge in [-0.25, -0.2) is 9.97 Å². The van der Waals surface area contributed by atoms with E-state index in [1.807, 2.05) is 43.3 Å². The molecular weight excluding hydrogens is 364 g/mol. The highest BCUT2D eigenvalue weighted by Crippen LogP contribution is 2.34. The summed E-state index contributed by atoms with van der Waals surface area (Å²) >= 11 is 4.65. The molecule has 4 nitrogen and oxygen atoms in total. The van der Waals surface area contributed by atoms with E-state index in [0.717, 1.165) is 17.0 Å². The highest BCUT2D eigenvalue weighted by Gasteiger charge is 2.13. The molecule has 110 valence electrons. The summed E-state index contributed by atoms with van der Waals surface area (Å²) in [6, 6.07) is 13.5. The Balaban J connectivity index is 1.96. The Morgan fingerprint density at radius 2 is 1.95 bits per heavy atom. The number of furan rings is 1.